The van der Waals surface area contributed by atoms with Crippen molar-refractivity contribution in [1.82, 2.24) is 14.9 Å². The summed E-state index contributed by atoms with van der Waals surface area (Å²) >= 11 is 9.58. The zero-order chi connectivity index (χ0) is 26.9. The standard InChI is InChI=1S/C32H27BrN4OS/c1-21-19-28(22(2)36(21)25-10-8-9-23(33)20-25)31-30(29-13-6-7-18-34-29)35-32(39)37(31)24-14-16-27(17-15-24)38-26-11-4-3-5-12-26/h3-20,30-31H,1-2H3,(H,35,39)/t30-,31-/m1/s1. The number of nitrogens with zero attached hydrogens (tertiary/aromatic N) is 3. The van der Waals surface area contributed by atoms with Gasteiger partial charge in [0.1, 0.15) is 11.5 Å². The van der Waals surface area contributed by atoms with Crippen LogP contribution in [-0.4, -0.2) is 14.7 Å². The Bertz CT molecular complexity index is 1620. The average Bonchev–Trinajstić information content (AvgIpc) is 3.45. The van der Waals surface area contributed by atoms with Crippen LogP contribution in [0.3, 0.4) is 0 Å². The van der Waals surface area contributed by atoms with E-state index in [0.717, 1.165) is 44.4 Å². The van der Waals surface area contributed by atoms with Gasteiger partial charge in [-0.25, -0.2) is 0 Å². The van der Waals surface area contributed by atoms with Crippen LogP contribution in [-0.2, 0) is 0 Å². The lowest BCUT2D eigenvalue weighted by Crippen LogP contribution is -2.29. The number of aryl methyl sites for hydroxylation is 1. The molecule has 5 nitrogen and oxygen atoms in total. The van der Waals surface area contributed by atoms with Gasteiger partial charge >= 0.3 is 0 Å². The molecule has 0 aliphatic carbocycles. The van der Waals surface area contributed by atoms with Gasteiger partial charge in [0.05, 0.1) is 17.8 Å². The minimum atomic E-state index is -0.115. The first-order chi connectivity index (χ1) is 19.0. The molecule has 0 radical (unpaired) electrons. The van der Waals surface area contributed by atoms with Crippen LogP contribution in [0, 0.1) is 13.8 Å². The highest BCUT2D eigenvalue weighted by atomic mass is 79.9. The van der Waals surface area contributed by atoms with Crippen LogP contribution in [0.25, 0.3) is 5.69 Å². The maximum atomic E-state index is 6.04. The van der Waals surface area contributed by atoms with Crippen molar-refractivity contribution >= 4 is 38.9 Å². The molecule has 1 saturated heterocycles. The summed E-state index contributed by atoms with van der Waals surface area (Å²) in [5, 5.41) is 4.24. The number of hydrogen-bond donors (Lipinski definition) is 1. The Morgan fingerprint density at radius 3 is 2.28 bits per heavy atom. The highest BCUT2D eigenvalue weighted by molar-refractivity contribution is 9.10. The van der Waals surface area contributed by atoms with Crippen LogP contribution in [0.4, 0.5) is 5.69 Å². The number of para-hydroxylation sites is 1. The van der Waals surface area contributed by atoms with Crippen molar-refractivity contribution in [1.29, 1.82) is 0 Å². The van der Waals surface area contributed by atoms with Crippen LogP contribution in [0.5, 0.6) is 11.5 Å². The monoisotopic (exact) mass is 594 g/mol. The molecule has 0 saturated carbocycles. The number of benzene rings is 3. The summed E-state index contributed by atoms with van der Waals surface area (Å²) in [4.78, 5) is 6.91. The third kappa shape index (κ3) is 4.95. The van der Waals surface area contributed by atoms with E-state index in [1.165, 1.54) is 5.56 Å². The van der Waals surface area contributed by atoms with Crippen molar-refractivity contribution in [2.75, 3.05) is 4.90 Å². The number of nitrogens with one attached hydrogen (secondary N) is 1. The van der Waals surface area contributed by atoms with Gasteiger partial charge in [0.15, 0.2) is 5.11 Å². The molecule has 1 fully saturated rings. The summed E-state index contributed by atoms with van der Waals surface area (Å²) in [6.07, 6.45) is 1.83. The summed E-state index contributed by atoms with van der Waals surface area (Å²) in [5.41, 5.74) is 6.57. The van der Waals surface area contributed by atoms with Gasteiger partial charge in [0.2, 0.25) is 0 Å². The van der Waals surface area contributed by atoms with Gasteiger partial charge in [-0.2, -0.15) is 0 Å². The zero-order valence-electron chi connectivity index (χ0n) is 21.6. The topological polar surface area (TPSA) is 42.3 Å². The number of pyridine rings is 1. The summed E-state index contributed by atoms with van der Waals surface area (Å²) < 4.78 is 9.38. The van der Waals surface area contributed by atoms with Crippen molar-refractivity contribution in [3.8, 4) is 17.2 Å². The Labute approximate surface area is 242 Å². The number of ether oxygens (including phenoxy) is 1. The van der Waals surface area contributed by atoms with Crippen molar-refractivity contribution in [3.05, 3.63) is 136 Å². The van der Waals surface area contributed by atoms with Crippen molar-refractivity contribution in [2.24, 2.45) is 0 Å². The third-order valence-electron chi connectivity index (χ3n) is 7.05. The Balaban J connectivity index is 1.42. The molecule has 0 spiro atoms. The van der Waals surface area contributed by atoms with E-state index in [1.54, 1.807) is 0 Å². The molecule has 1 N–H and O–H groups in total. The number of thiocarbonyl (C=S) groups is 1. The fourth-order valence-corrected chi connectivity index (χ4v) is 6.08. The molecule has 5 aromatic rings. The number of halogens is 1. The Hall–Kier alpha value is -3.94. The van der Waals surface area contributed by atoms with Crippen molar-refractivity contribution < 1.29 is 4.74 Å². The summed E-state index contributed by atoms with van der Waals surface area (Å²) in [6, 6.07) is 34.3. The molecular formula is C32H27BrN4OS. The number of rotatable bonds is 6. The highest BCUT2D eigenvalue weighted by Gasteiger charge is 2.42. The smallest absolute Gasteiger partial charge is 0.174 e. The van der Waals surface area contributed by atoms with E-state index in [-0.39, 0.29) is 12.1 Å². The molecule has 0 amide bonds. The quantitative estimate of drug-likeness (QED) is 0.201. The molecule has 2 aromatic heterocycles. The van der Waals surface area contributed by atoms with E-state index in [9.17, 15) is 0 Å². The Morgan fingerprint density at radius 1 is 0.821 bits per heavy atom. The highest BCUT2D eigenvalue weighted by Crippen LogP contribution is 2.44. The van der Waals surface area contributed by atoms with Crippen LogP contribution < -0.4 is 15.0 Å². The number of aromatic nitrogens is 2. The first-order valence-electron chi connectivity index (χ1n) is 12.8. The van der Waals surface area contributed by atoms with E-state index in [1.807, 2.05) is 66.9 Å². The van der Waals surface area contributed by atoms with E-state index in [4.69, 9.17) is 21.9 Å². The molecule has 39 heavy (non-hydrogen) atoms. The molecule has 2 atom stereocenters. The van der Waals surface area contributed by atoms with Gasteiger partial charge in [-0.3, -0.25) is 4.98 Å². The van der Waals surface area contributed by atoms with Gasteiger partial charge in [0.25, 0.3) is 0 Å². The molecule has 1 aliphatic heterocycles. The van der Waals surface area contributed by atoms with E-state index >= 15 is 0 Å². The molecule has 1 aliphatic rings. The predicted molar refractivity (Wildman–Crippen MR) is 164 cm³/mol. The van der Waals surface area contributed by atoms with Crippen LogP contribution in [0.15, 0.2) is 114 Å². The molecule has 194 valence electrons. The summed E-state index contributed by atoms with van der Waals surface area (Å²) in [7, 11) is 0. The van der Waals surface area contributed by atoms with Gasteiger partial charge in [0, 0.05) is 33.4 Å². The minimum Gasteiger partial charge on any atom is -0.457 e. The van der Waals surface area contributed by atoms with Crippen molar-refractivity contribution in [3.63, 3.8) is 0 Å². The molecule has 0 bridgehead atoms. The van der Waals surface area contributed by atoms with Gasteiger partial charge in [-0.1, -0.05) is 46.3 Å². The lowest BCUT2D eigenvalue weighted by molar-refractivity contribution is 0.482. The van der Waals surface area contributed by atoms with Gasteiger partial charge in [-0.15, -0.1) is 0 Å². The molecule has 3 aromatic carbocycles. The molecule has 0 unspecified atom stereocenters. The minimum absolute atomic E-state index is 0.0969. The second-order valence-corrected chi connectivity index (χ2v) is 10.8. The van der Waals surface area contributed by atoms with Crippen LogP contribution in [0.1, 0.15) is 34.7 Å². The largest absolute Gasteiger partial charge is 0.457 e. The fraction of sp³-hybridized carbons (Fsp3) is 0.125. The maximum absolute atomic E-state index is 6.04. The van der Waals surface area contributed by atoms with Gasteiger partial charge < -0.3 is 19.5 Å². The lowest BCUT2D eigenvalue weighted by atomic mass is 9.96. The second-order valence-electron chi connectivity index (χ2n) is 9.55. The summed E-state index contributed by atoms with van der Waals surface area (Å²) in [5.74, 6) is 1.57. The summed E-state index contributed by atoms with van der Waals surface area (Å²) in [6.45, 7) is 4.32. The van der Waals surface area contributed by atoms with E-state index in [0.29, 0.717) is 5.11 Å². The SMILES string of the molecule is Cc1cc([C@@H]2[C@@H](c3ccccn3)NC(=S)N2c2ccc(Oc3ccccc3)cc2)c(C)n1-c1cccc(Br)c1. The van der Waals surface area contributed by atoms with Crippen LogP contribution >= 0.6 is 28.1 Å². The second kappa shape index (κ2) is 10.7. The molecule has 6 rings (SSSR count). The fourth-order valence-electron chi connectivity index (χ4n) is 5.35. The normalized spacial score (nSPS) is 16.8. The lowest BCUT2D eigenvalue weighted by Gasteiger charge is -2.28. The molecule has 3 heterocycles. The number of hydrogen-bond acceptors (Lipinski definition) is 3. The maximum Gasteiger partial charge on any atom is 0.174 e. The van der Waals surface area contributed by atoms with Crippen molar-refractivity contribution in [2.45, 2.75) is 25.9 Å². The zero-order valence-corrected chi connectivity index (χ0v) is 24.0. The first kappa shape index (κ1) is 25.3. The number of anilines is 1. The Morgan fingerprint density at radius 2 is 1.56 bits per heavy atom. The van der Waals surface area contributed by atoms with Crippen LogP contribution in [0.2, 0.25) is 0 Å². The third-order valence-corrected chi connectivity index (χ3v) is 7.86. The van der Waals surface area contributed by atoms with E-state index < -0.39 is 0 Å². The average molecular weight is 596 g/mol. The molecule has 7 heteroatoms. The Kier molecular flexibility index (Phi) is 6.94. The van der Waals surface area contributed by atoms with E-state index in [2.05, 4.69) is 87.0 Å². The van der Waals surface area contributed by atoms with Gasteiger partial charge in [-0.05, 0) is 104 Å². The predicted octanol–water partition coefficient (Wildman–Crippen LogP) is 8.22. The first-order valence-corrected chi connectivity index (χ1v) is 14.0. The molecular weight excluding hydrogens is 568 g/mol.